The lowest BCUT2D eigenvalue weighted by Gasteiger charge is -2.24. The van der Waals surface area contributed by atoms with Crippen molar-refractivity contribution < 1.29 is 19.7 Å². The largest absolute Gasteiger partial charge is 0.444 e. The minimum Gasteiger partial charge on any atom is -0.444 e. The summed E-state index contributed by atoms with van der Waals surface area (Å²) in [5.41, 5.74) is -0.550. The third-order valence-electron chi connectivity index (χ3n) is 1.75. The lowest BCUT2D eigenvalue weighted by molar-refractivity contribution is 0.0408. The standard InChI is InChI=1S/C10H21NO4/c1-7(8(13)5-6-12)11-9(14)15-10(2,3)4/h7-8,12-13H,5-6H2,1-4H3,(H,11,14). The number of alkyl carbamates (subject to hydrolysis) is 1. The molecule has 5 nitrogen and oxygen atoms in total. The van der Waals surface area contributed by atoms with E-state index in [9.17, 15) is 9.90 Å². The van der Waals surface area contributed by atoms with Gasteiger partial charge in [0.05, 0.1) is 12.1 Å². The first-order valence-corrected chi connectivity index (χ1v) is 5.04. The Labute approximate surface area is 90.4 Å². The molecule has 0 radical (unpaired) electrons. The van der Waals surface area contributed by atoms with Crippen molar-refractivity contribution in [3.8, 4) is 0 Å². The SMILES string of the molecule is CC(NC(=O)OC(C)(C)C)C(O)CCO. The number of hydrogen-bond acceptors (Lipinski definition) is 4. The molecule has 1 amide bonds. The minimum absolute atomic E-state index is 0.110. The number of rotatable bonds is 4. The van der Waals surface area contributed by atoms with Crippen LogP contribution in [-0.2, 0) is 4.74 Å². The molecule has 0 aliphatic heterocycles. The van der Waals surface area contributed by atoms with Gasteiger partial charge in [-0.3, -0.25) is 0 Å². The molecule has 0 aromatic rings. The van der Waals surface area contributed by atoms with Crippen LogP contribution in [0, 0.1) is 0 Å². The van der Waals surface area contributed by atoms with Crippen LogP contribution in [0.15, 0.2) is 0 Å². The zero-order valence-electron chi connectivity index (χ0n) is 9.78. The van der Waals surface area contributed by atoms with Gasteiger partial charge in [0.25, 0.3) is 0 Å². The van der Waals surface area contributed by atoms with Crippen LogP contribution in [0.25, 0.3) is 0 Å². The molecular weight excluding hydrogens is 198 g/mol. The second-order valence-electron chi connectivity index (χ2n) is 4.51. The zero-order valence-corrected chi connectivity index (χ0v) is 9.78. The molecule has 5 heteroatoms. The molecule has 90 valence electrons. The van der Waals surface area contributed by atoms with Crippen LogP contribution in [0.5, 0.6) is 0 Å². The first-order valence-electron chi connectivity index (χ1n) is 5.04. The highest BCUT2D eigenvalue weighted by Crippen LogP contribution is 2.07. The molecule has 0 saturated carbocycles. The van der Waals surface area contributed by atoms with Gasteiger partial charge in [-0.05, 0) is 34.1 Å². The minimum atomic E-state index is -0.762. The summed E-state index contributed by atoms with van der Waals surface area (Å²) in [5.74, 6) is 0. The van der Waals surface area contributed by atoms with E-state index < -0.39 is 23.8 Å². The maximum Gasteiger partial charge on any atom is 0.407 e. The van der Waals surface area contributed by atoms with E-state index in [1.54, 1.807) is 27.7 Å². The van der Waals surface area contributed by atoms with Crippen molar-refractivity contribution >= 4 is 6.09 Å². The summed E-state index contributed by atoms with van der Waals surface area (Å²) >= 11 is 0. The summed E-state index contributed by atoms with van der Waals surface area (Å²) < 4.78 is 5.01. The smallest absolute Gasteiger partial charge is 0.407 e. The fourth-order valence-corrected chi connectivity index (χ4v) is 0.972. The molecule has 0 aromatic carbocycles. The summed E-state index contributed by atoms with van der Waals surface area (Å²) in [7, 11) is 0. The van der Waals surface area contributed by atoms with Crippen molar-refractivity contribution in [3.63, 3.8) is 0 Å². The molecule has 0 fully saturated rings. The van der Waals surface area contributed by atoms with Crippen LogP contribution in [0.2, 0.25) is 0 Å². The van der Waals surface area contributed by atoms with E-state index in [0.717, 1.165) is 0 Å². The summed E-state index contributed by atoms with van der Waals surface area (Å²) in [6.45, 7) is 6.84. The molecule has 0 spiro atoms. The fraction of sp³-hybridized carbons (Fsp3) is 0.900. The predicted octanol–water partition coefficient (Wildman–Crippen LogP) is 0.643. The van der Waals surface area contributed by atoms with E-state index >= 15 is 0 Å². The molecule has 0 aliphatic rings. The lowest BCUT2D eigenvalue weighted by atomic mass is 10.1. The van der Waals surface area contributed by atoms with E-state index in [2.05, 4.69) is 5.32 Å². The Morgan fingerprint density at radius 2 is 2.00 bits per heavy atom. The fourth-order valence-electron chi connectivity index (χ4n) is 0.972. The number of nitrogens with one attached hydrogen (secondary N) is 1. The topological polar surface area (TPSA) is 78.8 Å². The Balaban J connectivity index is 3.96. The molecular formula is C10H21NO4. The second-order valence-corrected chi connectivity index (χ2v) is 4.51. The number of aliphatic hydroxyl groups is 2. The van der Waals surface area contributed by atoms with Gasteiger partial charge < -0.3 is 20.3 Å². The summed E-state index contributed by atoms with van der Waals surface area (Å²) in [6.07, 6.45) is -1.09. The van der Waals surface area contributed by atoms with Gasteiger partial charge in [0.2, 0.25) is 0 Å². The molecule has 15 heavy (non-hydrogen) atoms. The highest BCUT2D eigenvalue weighted by atomic mass is 16.6. The Hall–Kier alpha value is -0.810. The Morgan fingerprint density at radius 1 is 1.47 bits per heavy atom. The molecule has 0 aromatic heterocycles. The molecule has 0 bridgehead atoms. The number of carbonyl (C=O) groups excluding carboxylic acids is 1. The molecule has 2 unspecified atom stereocenters. The zero-order chi connectivity index (χ0) is 12.1. The van der Waals surface area contributed by atoms with Crippen molar-refractivity contribution in [2.45, 2.75) is 51.9 Å². The van der Waals surface area contributed by atoms with E-state index in [1.165, 1.54) is 0 Å². The average molecular weight is 219 g/mol. The van der Waals surface area contributed by atoms with E-state index in [0.29, 0.717) is 0 Å². The number of aliphatic hydroxyl groups excluding tert-OH is 2. The first-order chi connectivity index (χ1) is 6.76. The van der Waals surface area contributed by atoms with Gasteiger partial charge in [-0.2, -0.15) is 0 Å². The van der Waals surface area contributed by atoms with Gasteiger partial charge in [0.15, 0.2) is 0 Å². The summed E-state index contributed by atoms with van der Waals surface area (Å²) in [4.78, 5) is 11.3. The van der Waals surface area contributed by atoms with Gasteiger partial charge >= 0.3 is 6.09 Å². The van der Waals surface area contributed by atoms with Crippen molar-refractivity contribution in [2.24, 2.45) is 0 Å². The highest BCUT2D eigenvalue weighted by molar-refractivity contribution is 5.68. The molecule has 3 N–H and O–H groups in total. The van der Waals surface area contributed by atoms with Gasteiger partial charge in [0, 0.05) is 6.61 Å². The average Bonchev–Trinajstić information content (AvgIpc) is 2.00. The maximum absolute atomic E-state index is 11.3. The van der Waals surface area contributed by atoms with E-state index in [4.69, 9.17) is 9.84 Å². The van der Waals surface area contributed by atoms with Crippen LogP contribution in [-0.4, -0.2) is 40.7 Å². The maximum atomic E-state index is 11.3. The molecule has 2 atom stereocenters. The number of carbonyl (C=O) groups is 1. The van der Waals surface area contributed by atoms with Gasteiger partial charge in [-0.25, -0.2) is 4.79 Å². The van der Waals surface area contributed by atoms with E-state index in [-0.39, 0.29) is 13.0 Å². The number of hydrogen-bond donors (Lipinski definition) is 3. The Kier molecular flexibility index (Phi) is 5.60. The molecule has 0 rings (SSSR count). The summed E-state index contributed by atoms with van der Waals surface area (Å²) in [6, 6.07) is -0.438. The van der Waals surface area contributed by atoms with Crippen LogP contribution >= 0.6 is 0 Å². The number of amides is 1. The Bertz CT molecular complexity index is 200. The molecule has 0 heterocycles. The normalized spacial score (nSPS) is 15.6. The van der Waals surface area contributed by atoms with Gasteiger partial charge in [-0.1, -0.05) is 0 Å². The van der Waals surface area contributed by atoms with Crippen LogP contribution in [0.4, 0.5) is 4.79 Å². The molecule has 0 aliphatic carbocycles. The van der Waals surface area contributed by atoms with Crippen molar-refractivity contribution in [1.82, 2.24) is 5.32 Å². The van der Waals surface area contributed by atoms with Gasteiger partial charge in [0.1, 0.15) is 5.60 Å². The second kappa shape index (κ2) is 5.92. The third-order valence-corrected chi connectivity index (χ3v) is 1.75. The van der Waals surface area contributed by atoms with Crippen LogP contribution in [0.3, 0.4) is 0 Å². The monoisotopic (exact) mass is 219 g/mol. The van der Waals surface area contributed by atoms with Crippen LogP contribution < -0.4 is 5.32 Å². The lowest BCUT2D eigenvalue weighted by Crippen LogP contribution is -2.43. The van der Waals surface area contributed by atoms with Crippen molar-refractivity contribution in [3.05, 3.63) is 0 Å². The highest BCUT2D eigenvalue weighted by Gasteiger charge is 2.20. The quantitative estimate of drug-likeness (QED) is 0.648. The van der Waals surface area contributed by atoms with Gasteiger partial charge in [-0.15, -0.1) is 0 Å². The van der Waals surface area contributed by atoms with E-state index in [1.807, 2.05) is 0 Å². The van der Waals surface area contributed by atoms with Crippen molar-refractivity contribution in [2.75, 3.05) is 6.61 Å². The third kappa shape index (κ3) is 7.16. The van der Waals surface area contributed by atoms with Crippen molar-refractivity contribution in [1.29, 1.82) is 0 Å². The number of ether oxygens (including phenoxy) is 1. The van der Waals surface area contributed by atoms with Crippen LogP contribution in [0.1, 0.15) is 34.1 Å². The molecule has 0 saturated heterocycles. The first kappa shape index (κ1) is 14.2. The predicted molar refractivity (Wildman–Crippen MR) is 56.5 cm³/mol. The Morgan fingerprint density at radius 3 is 2.40 bits per heavy atom. The summed E-state index contributed by atoms with van der Waals surface area (Å²) in [5, 5.41) is 20.5.